The number of hydrogen-bond donors (Lipinski definition) is 2. The summed E-state index contributed by atoms with van der Waals surface area (Å²) < 4.78 is 21.9. The van der Waals surface area contributed by atoms with Crippen molar-refractivity contribution in [2.24, 2.45) is 4.99 Å². The van der Waals surface area contributed by atoms with Crippen molar-refractivity contribution >= 4 is 41.3 Å². The first-order valence-electron chi connectivity index (χ1n) is 10.3. The highest BCUT2D eigenvalue weighted by molar-refractivity contribution is 14.0. The molecule has 0 saturated carbocycles. The topological polar surface area (TPSA) is 76.6 Å². The molecule has 1 aromatic carbocycles. The summed E-state index contributed by atoms with van der Waals surface area (Å²) >= 11 is 1.78. The number of hydrogen-bond acceptors (Lipinski definition) is 7. The van der Waals surface area contributed by atoms with Gasteiger partial charge in [0.25, 0.3) is 0 Å². The van der Waals surface area contributed by atoms with Crippen molar-refractivity contribution in [2.45, 2.75) is 12.6 Å². The summed E-state index contributed by atoms with van der Waals surface area (Å²) in [5.74, 6) is 2.75. The second-order valence-corrected chi connectivity index (χ2v) is 7.98. The number of rotatable bonds is 9. The summed E-state index contributed by atoms with van der Waals surface area (Å²) in [7, 11) is 6.65. The van der Waals surface area contributed by atoms with E-state index in [9.17, 15) is 0 Å². The van der Waals surface area contributed by atoms with Crippen LogP contribution in [0.4, 0.5) is 0 Å². The first-order chi connectivity index (χ1) is 15.2. The molecule has 1 aliphatic rings. The second-order valence-electron chi connectivity index (χ2n) is 7.01. The van der Waals surface area contributed by atoms with Crippen molar-refractivity contribution in [3.63, 3.8) is 0 Å². The number of halogens is 1. The summed E-state index contributed by atoms with van der Waals surface area (Å²) in [6.07, 6.45) is 0. The largest absolute Gasteiger partial charge is 0.496 e. The van der Waals surface area contributed by atoms with Crippen molar-refractivity contribution in [3.05, 3.63) is 40.1 Å². The molecule has 0 aliphatic carbocycles. The van der Waals surface area contributed by atoms with E-state index in [1.165, 1.54) is 4.88 Å². The molecule has 10 heteroatoms. The zero-order valence-electron chi connectivity index (χ0n) is 19.1. The van der Waals surface area contributed by atoms with Crippen molar-refractivity contribution < 1.29 is 18.9 Å². The fourth-order valence-electron chi connectivity index (χ4n) is 3.60. The lowest BCUT2D eigenvalue weighted by Gasteiger charge is -2.34. The number of aliphatic imine (C=N–C) groups is 1. The molecule has 0 amide bonds. The van der Waals surface area contributed by atoms with Gasteiger partial charge in [0.2, 0.25) is 0 Å². The van der Waals surface area contributed by atoms with E-state index >= 15 is 0 Å². The van der Waals surface area contributed by atoms with Crippen LogP contribution in [0.25, 0.3) is 0 Å². The lowest BCUT2D eigenvalue weighted by atomic mass is 10.1. The van der Waals surface area contributed by atoms with Crippen LogP contribution in [-0.4, -0.2) is 72.1 Å². The molecule has 1 atom stereocenters. The van der Waals surface area contributed by atoms with Gasteiger partial charge in [-0.15, -0.1) is 35.3 Å². The molecule has 2 N–H and O–H groups in total. The van der Waals surface area contributed by atoms with Gasteiger partial charge in [-0.2, -0.15) is 0 Å². The van der Waals surface area contributed by atoms with Gasteiger partial charge in [-0.3, -0.25) is 9.89 Å². The zero-order valence-corrected chi connectivity index (χ0v) is 22.2. The molecule has 1 unspecified atom stereocenters. The van der Waals surface area contributed by atoms with Gasteiger partial charge in [-0.05, 0) is 17.5 Å². The second kappa shape index (κ2) is 13.7. The number of nitrogens with zero attached hydrogens (tertiary/aromatic N) is 2. The first-order valence-corrected chi connectivity index (χ1v) is 11.2. The van der Waals surface area contributed by atoms with E-state index in [0.717, 1.165) is 50.1 Å². The number of guanidine groups is 1. The van der Waals surface area contributed by atoms with Crippen LogP contribution < -0.4 is 24.8 Å². The Labute approximate surface area is 211 Å². The maximum absolute atomic E-state index is 5.53. The predicted octanol–water partition coefficient (Wildman–Crippen LogP) is 3.13. The van der Waals surface area contributed by atoms with E-state index in [4.69, 9.17) is 18.9 Å². The number of nitrogens with one attached hydrogen (secondary N) is 2. The maximum Gasteiger partial charge on any atom is 0.191 e. The van der Waals surface area contributed by atoms with E-state index in [-0.39, 0.29) is 30.0 Å². The Morgan fingerprint density at radius 1 is 1.09 bits per heavy atom. The molecular formula is C22H33IN4O4S. The molecule has 1 fully saturated rings. The Kier molecular flexibility index (Phi) is 11.4. The van der Waals surface area contributed by atoms with Crippen molar-refractivity contribution in [1.29, 1.82) is 0 Å². The first kappa shape index (κ1) is 26.5. The Balaban J connectivity index is 0.00000363. The van der Waals surface area contributed by atoms with Crippen LogP contribution >= 0.6 is 35.3 Å². The van der Waals surface area contributed by atoms with Crippen LogP contribution in [0.2, 0.25) is 0 Å². The zero-order chi connectivity index (χ0) is 22.1. The van der Waals surface area contributed by atoms with Crippen LogP contribution in [0, 0.1) is 0 Å². The molecule has 3 rings (SSSR count). The number of benzene rings is 1. The number of ether oxygens (including phenoxy) is 4. The highest BCUT2D eigenvalue weighted by atomic mass is 127. The minimum absolute atomic E-state index is 0. The molecule has 2 heterocycles. The third-order valence-corrected chi connectivity index (χ3v) is 6.25. The molecule has 0 bridgehead atoms. The molecule has 0 spiro atoms. The fraction of sp³-hybridized carbons (Fsp3) is 0.500. The summed E-state index contributed by atoms with van der Waals surface area (Å²) in [6.45, 7) is 4.69. The SMILES string of the molecule is CN=C(NCc1cc(OC)c(OC)cc1OC)NCC(c1cccs1)N1CCOCC1.I. The highest BCUT2D eigenvalue weighted by Gasteiger charge is 2.23. The van der Waals surface area contributed by atoms with Crippen LogP contribution in [0.15, 0.2) is 34.6 Å². The summed E-state index contributed by atoms with van der Waals surface area (Å²) in [5, 5.41) is 8.98. The molecule has 2 aromatic rings. The Hall–Kier alpha value is -1.76. The summed E-state index contributed by atoms with van der Waals surface area (Å²) in [4.78, 5) is 8.20. The van der Waals surface area contributed by atoms with Crippen LogP contribution in [0.1, 0.15) is 16.5 Å². The average Bonchev–Trinajstić information content (AvgIpc) is 3.35. The van der Waals surface area contributed by atoms with Gasteiger partial charge < -0.3 is 29.6 Å². The molecule has 1 saturated heterocycles. The van der Waals surface area contributed by atoms with Gasteiger partial charge in [0.15, 0.2) is 17.5 Å². The minimum atomic E-state index is 0. The molecular weight excluding hydrogens is 543 g/mol. The van der Waals surface area contributed by atoms with Crippen LogP contribution in [-0.2, 0) is 11.3 Å². The predicted molar refractivity (Wildman–Crippen MR) is 139 cm³/mol. The number of morpholine rings is 1. The lowest BCUT2D eigenvalue weighted by molar-refractivity contribution is 0.0177. The van der Waals surface area contributed by atoms with Crippen molar-refractivity contribution in [3.8, 4) is 17.2 Å². The third kappa shape index (κ3) is 6.87. The normalized spacial score (nSPS) is 15.4. The third-order valence-electron chi connectivity index (χ3n) is 5.28. The fourth-order valence-corrected chi connectivity index (χ4v) is 4.46. The van der Waals surface area contributed by atoms with E-state index in [2.05, 4.69) is 38.0 Å². The van der Waals surface area contributed by atoms with Gasteiger partial charge in [0.1, 0.15) is 5.75 Å². The monoisotopic (exact) mass is 576 g/mol. The number of methoxy groups -OCH3 is 3. The lowest BCUT2D eigenvalue weighted by Crippen LogP contribution is -2.46. The van der Waals surface area contributed by atoms with E-state index in [1.54, 1.807) is 39.7 Å². The van der Waals surface area contributed by atoms with Gasteiger partial charge in [-0.1, -0.05) is 6.07 Å². The number of thiophene rings is 1. The molecule has 0 radical (unpaired) electrons. The van der Waals surface area contributed by atoms with E-state index < -0.39 is 0 Å². The van der Waals surface area contributed by atoms with E-state index in [1.807, 2.05) is 12.1 Å². The summed E-state index contributed by atoms with van der Waals surface area (Å²) in [6, 6.07) is 8.32. The van der Waals surface area contributed by atoms with Gasteiger partial charge in [0, 0.05) is 49.7 Å². The summed E-state index contributed by atoms with van der Waals surface area (Å²) in [5.41, 5.74) is 0.950. The molecule has 1 aliphatic heterocycles. The van der Waals surface area contributed by atoms with Crippen molar-refractivity contribution in [2.75, 3.05) is 61.2 Å². The van der Waals surface area contributed by atoms with Gasteiger partial charge >= 0.3 is 0 Å². The van der Waals surface area contributed by atoms with Gasteiger partial charge in [-0.25, -0.2) is 0 Å². The Morgan fingerprint density at radius 3 is 2.38 bits per heavy atom. The minimum Gasteiger partial charge on any atom is -0.496 e. The smallest absolute Gasteiger partial charge is 0.191 e. The molecule has 8 nitrogen and oxygen atoms in total. The molecule has 32 heavy (non-hydrogen) atoms. The Bertz CT molecular complexity index is 845. The van der Waals surface area contributed by atoms with Crippen LogP contribution in [0.5, 0.6) is 17.2 Å². The molecule has 178 valence electrons. The van der Waals surface area contributed by atoms with Crippen molar-refractivity contribution in [1.82, 2.24) is 15.5 Å². The quantitative estimate of drug-likeness (QED) is 0.270. The van der Waals surface area contributed by atoms with Gasteiger partial charge in [0.05, 0.1) is 40.6 Å². The molecule has 1 aromatic heterocycles. The maximum atomic E-state index is 5.53. The van der Waals surface area contributed by atoms with Crippen LogP contribution in [0.3, 0.4) is 0 Å². The highest BCUT2D eigenvalue weighted by Crippen LogP contribution is 2.34. The Morgan fingerprint density at radius 2 is 1.78 bits per heavy atom. The van der Waals surface area contributed by atoms with E-state index in [0.29, 0.717) is 18.0 Å². The standard InChI is InChI=1S/C22H32N4O4S.HI/c1-23-22(24-14-16-12-19(28-3)20(29-4)13-18(16)27-2)25-15-17(21-6-5-11-31-21)26-7-9-30-10-8-26;/h5-6,11-13,17H,7-10,14-15H2,1-4H3,(H2,23,24,25);1H. The average molecular weight is 577 g/mol.